The molecular formula is C14H14N4O5S. The van der Waals surface area contributed by atoms with Crippen LogP contribution in [0.1, 0.15) is 21.6 Å². The SMILES string of the molecule is COc1ccc(/C=N\n2c(=S)[nH]nc(C)c2=O)c(C(=O)O)c1OC. The monoisotopic (exact) mass is 350 g/mol. The minimum Gasteiger partial charge on any atom is -0.493 e. The number of carbonyl (C=O) groups is 1. The molecule has 126 valence electrons. The van der Waals surface area contributed by atoms with E-state index in [1.54, 1.807) is 0 Å². The van der Waals surface area contributed by atoms with Gasteiger partial charge in [0.2, 0.25) is 4.77 Å². The van der Waals surface area contributed by atoms with Crippen molar-refractivity contribution < 1.29 is 19.4 Å². The molecule has 10 heteroatoms. The highest BCUT2D eigenvalue weighted by molar-refractivity contribution is 7.71. The second-order valence-electron chi connectivity index (χ2n) is 4.55. The smallest absolute Gasteiger partial charge is 0.340 e. The maximum absolute atomic E-state index is 12.0. The highest BCUT2D eigenvalue weighted by Crippen LogP contribution is 2.32. The van der Waals surface area contributed by atoms with E-state index in [9.17, 15) is 14.7 Å². The van der Waals surface area contributed by atoms with Crippen molar-refractivity contribution in [2.45, 2.75) is 6.92 Å². The molecule has 0 saturated carbocycles. The van der Waals surface area contributed by atoms with Gasteiger partial charge in [-0.3, -0.25) is 9.89 Å². The Kier molecular flexibility index (Phi) is 5.09. The van der Waals surface area contributed by atoms with Crippen molar-refractivity contribution in [1.82, 2.24) is 14.9 Å². The highest BCUT2D eigenvalue weighted by atomic mass is 32.1. The van der Waals surface area contributed by atoms with Crippen LogP contribution in [-0.2, 0) is 0 Å². The van der Waals surface area contributed by atoms with Gasteiger partial charge in [-0.05, 0) is 31.3 Å². The van der Waals surface area contributed by atoms with Crippen molar-refractivity contribution in [3.8, 4) is 11.5 Å². The van der Waals surface area contributed by atoms with E-state index in [0.717, 1.165) is 4.68 Å². The quantitative estimate of drug-likeness (QED) is 0.614. The van der Waals surface area contributed by atoms with Gasteiger partial charge >= 0.3 is 5.97 Å². The molecule has 0 atom stereocenters. The average molecular weight is 350 g/mol. The van der Waals surface area contributed by atoms with E-state index >= 15 is 0 Å². The number of nitrogens with zero attached hydrogens (tertiary/aromatic N) is 3. The Morgan fingerprint density at radius 1 is 1.42 bits per heavy atom. The van der Waals surface area contributed by atoms with Gasteiger partial charge in [0.25, 0.3) is 5.56 Å². The minimum atomic E-state index is -1.23. The minimum absolute atomic E-state index is 0.0146. The molecule has 0 saturated heterocycles. The number of carboxylic acids is 1. The summed E-state index contributed by atoms with van der Waals surface area (Å²) in [6.07, 6.45) is 1.20. The number of methoxy groups -OCH3 is 2. The van der Waals surface area contributed by atoms with E-state index in [-0.39, 0.29) is 33.1 Å². The molecule has 9 nitrogen and oxygen atoms in total. The number of aromatic carboxylic acids is 1. The van der Waals surface area contributed by atoms with Gasteiger partial charge in [-0.25, -0.2) is 4.79 Å². The van der Waals surface area contributed by atoms with E-state index in [4.69, 9.17) is 21.7 Å². The molecule has 2 N–H and O–H groups in total. The van der Waals surface area contributed by atoms with Crippen molar-refractivity contribution in [3.05, 3.63) is 44.1 Å². The fraction of sp³-hybridized carbons (Fsp3) is 0.214. The van der Waals surface area contributed by atoms with Crippen LogP contribution in [0.4, 0.5) is 0 Å². The Balaban J connectivity index is 2.63. The van der Waals surface area contributed by atoms with Gasteiger partial charge in [0.05, 0.1) is 20.4 Å². The lowest BCUT2D eigenvalue weighted by Gasteiger charge is -2.12. The van der Waals surface area contributed by atoms with Crippen LogP contribution >= 0.6 is 12.2 Å². The molecule has 0 bridgehead atoms. The Bertz CT molecular complexity index is 932. The van der Waals surface area contributed by atoms with E-state index in [1.807, 2.05) is 0 Å². The predicted octanol–water partition coefficient (Wildman–Crippen LogP) is 1.21. The van der Waals surface area contributed by atoms with Gasteiger partial charge in [-0.1, -0.05) is 0 Å². The van der Waals surface area contributed by atoms with Crippen LogP contribution in [0.2, 0.25) is 0 Å². The Hall–Kier alpha value is -3.01. The summed E-state index contributed by atoms with van der Waals surface area (Å²) in [4.78, 5) is 23.6. The number of rotatable bonds is 5. The van der Waals surface area contributed by atoms with E-state index < -0.39 is 11.5 Å². The van der Waals surface area contributed by atoms with Crippen LogP contribution in [0.3, 0.4) is 0 Å². The van der Waals surface area contributed by atoms with E-state index in [1.165, 1.54) is 39.5 Å². The van der Waals surface area contributed by atoms with Gasteiger partial charge < -0.3 is 14.6 Å². The lowest BCUT2D eigenvalue weighted by Crippen LogP contribution is -2.22. The standard InChI is InChI=1S/C14H14N4O5S/c1-7-12(19)18(14(24)17-16-7)15-6-8-4-5-9(22-2)11(23-3)10(8)13(20)21/h4-6H,1-3H3,(H,17,24)(H,20,21)/b15-6-. The first-order chi connectivity index (χ1) is 11.4. The van der Waals surface area contributed by atoms with Gasteiger partial charge in [0.15, 0.2) is 11.5 Å². The first-order valence-corrected chi connectivity index (χ1v) is 7.02. The summed E-state index contributed by atoms with van der Waals surface area (Å²) >= 11 is 4.96. The fourth-order valence-corrected chi connectivity index (χ4v) is 2.14. The molecule has 0 aliphatic carbocycles. The summed E-state index contributed by atoms with van der Waals surface area (Å²) in [6.45, 7) is 1.50. The molecule has 1 heterocycles. The molecular weight excluding hydrogens is 336 g/mol. The van der Waals surface area contributed by atoms with Crippen LogP contribution in [0.5, 0.6) is 11.5 Å². The maximum atomic E-state index is 12.0. The van der Waals surface area contributed by atoms with Crippen molar-refractivity contribution in [3.63, 3.8) is 0 Å². The summed E-state index contributed by atoms with van der Waals surface area (Å²) in [5, 5.41) is 19.6. The van der Waals surface area contributed by atoms with Gasteiger partial charge in [-0.15, -0.1) is 0 Å². The second-order valence-corrected chi connectivity index (χ2v) is 4.93. The summed E-state index contributed by atoms with van der Waals surface area (Å²) in [5.41, 5.74) is -0.260. The summed E-state index contributed by atoms with van der Waals surface area (Å²) < 4.78 is 11.1. The van der Waals surface area contributed by atoms with Gasteiger partial charge in [0.1, 0.15) is 11.3 Å². The Morgan fingerprint density at radius 3 is 2.71 bits per heavy atom. The lowest BCUT2D eigenvalue weighted by molar-refractivity contribution is 0.0692. The van der Waals surface area contributed by atoms with E-state index in [2.05, 4.69) is 15.3 Å². The summed E-state index contributed by atoms with van der Waals surface area (Å²) in [7, 11) is 2.73. The van der Waals surface area contributed by atoms with Crippen LogP contribution in [-0.4, -0.2) is 46.4 Å². The molecule has 0 unspecified atom stereocenters. The van der Waals surface area contributed by atoms with Crippen molar-refractivity contribution >= 4 is 24.4 Å². The normalized spacial score (nSPS) is 10.8. The van der Waals surface area contributed by atoms with Crippen LogP contribution < -0.4 is 15.0 Å². The molecule has 0 aliphatic rings. The zero-order valence-corrected chi connectivity index (χ0v) is 13.9. The first kappa shape index (κ1) is 17.3. The first-order valence-electron chi connectivity index (χ1n) is 6.61. The molecule has 0 spiro atoms. The zero-order chi connectivity index (χ0) is 17.9. The Morgan fingerprint density at radius 2 is 2.12 bits per heavy atom. The van der Waals surface area contributed by atoms with Crippen molar-refractivity contribution in [2.24, 2.45) is 5.10 Å². The number of hydrogen-bond donors (Lipinski definition) is 2. The lowest BCUT2D eigenvalue weighted by atomic mass is 10.1. The third kappa shape index (κ3) is 3.18. The molecule has 24 heavy (non-hydrogen) atoms. The summed E-state index contributed by atoms with van der Waals surface area (Å²) in [6, 6.07) is 3.02. The number of nitrogens with one attached hydrogen (secondary N) is 1. The largest absolute Gasteiger partial charge is 0.493 e. The third-order valence-corrected chi connectivity index (χ3v) is 3.38. The van der Waals surface area contributed by atoms with Gasteiger partial charge in [-0.2, -0.15) is 14.9 Å². The number of benzene rings is 1. The topological polar surface area (TPSA) is 119 Å². The number of hydrogen-bond acceptors (Lipinski definition) is 7. The molecule has 0 amide bonds. The van der Waals surface area contributed by atoms with Crippen molar-refractivity contribution in [2.75, 3.05) is 14.2 Å². The number of H-pyrrole nitrogens is 1. The molecule has 1 aromatic heterocycles. The number of aryl methyl sites for hydroxylation is 1. The molecule has 0 aliphatic heterocycles. The number of aromatic amines is 1. The third-order valence-electron chi connectivity index (χ3n) is 3.12. The second kappa shape index (κ2) is 7.04. The van der Waals surface area contributed by atoms with Crippen LogP contribution in [0.15, 0.2) is 22.0 Å². The van der Waals surface area contributed by atoms with E-state index in [0.29, 0.717) is 0 Å². The number of ether oxygens (including phenoxy) is 2. The van der Waals surface area contributed by atoms with Crippen LogP contribution in [0, 0.1) is 11.7 Å². The predicted molar refractivity (Wildman–Crippen MR) is 87.9 cm³/mol. The number of carboxylic acid groups (broad SMARTS) is 1. The summed E-state index contributed by atoms with van der Waals surface area (Å²) in [5.74, 6) is -0.908. The number of aromatic nitrogens is 3. The molecule has 2 aromatic rings. The molecule has 2 rings (SSSR count). The van der Waals surface area contributed by atoms with Crippen molar-refractivity contribution in [1.29, 1.82) is 0 Å². The van der Waals surface area contributed by atoms with Crippen LogP contribution in [0.25, 0.3) is 0 Å². The highest BCUT2D eigenvalue weighted by Gasteiger charge is 2.20. The maximum Gasteiger partial charge on any atom is 0.340 e. The zero-order valence-electron chi connectivity index (χ0n) is 13.1. The average Bonchev–Trinajstić information content (AvgIpc) is 2.57. The molecule has 0 radical (unpaired) electrons. The van der Waals surface area contributed by atoms with Gasteiger partial charge in [0, 0.05) is 5.56 Å². The Labute approximate surface area is 141 Å². The fourth-order valence-electron chi connectivity index (χ4n) is 1.97. The molecule has 1 aromatic carbocycles. The molecule has 0 fully saturated rings.